The molecule has 0 aliphatic rings. The molecule has 5 N–H and O–H groups in total. The highest BCUT2D eigenvalue weighted by Crippen LogP contribution is 2.26. The highest BCUT2D eigenvalue weighted by molar-refractivity contribution is 5.73. The smallest absolute Gasteiger partial charge is 0.419 e. The lowest BCUT2D eigenvalue weighted by Gasteiger charge is -2.10. The van der Waals surface area contributed by atoms with Crippen molar-refractivity contribution in [1.29, 1.82) is 0 Å². The van der Waals surface area contributed by atoms with E-state index >= 15 is 0 Å². The minimum absolute atomic E-state index is 0.0623. The average Bonchev–Trinajstić information content (AvgIpc) is 2.96. The van der Waals surface area contributed by atoms with Crippen LogP contribution in [0.2, 0.25) is 0 Å². The molecule has 1 atom stereocenters. The van der Waals surface area contributed by atoms with Gasteiger partial charge in [0.15, 0.2) is 5.76 Å². The van der Waals surface area contributed by atoms with Gasteiger partial charge >= 0.3 is 11.7 Å². The Balaban J connectivity index is 1.68. The fourth-order valence-corrected chi connectivity index (χ4v) is 2.55. The third kappa shape index (κ3) is 4.57. The van der Waals surface area contributed by atoms with Gasteiger partial charge in [-0.05, 0) is 35.7 Å². The minimum Gasteiger partial charge on any atom is -0.492 e. The first kappa shape index (κ1) is 19.2. The molecule has 0 spiro atoms. The molecule has 0 saturated carbocycles. The van der Waals surface area contributed by atoms with E-state index in [9.17, 15) is 19.1 Å². The number of aromatic hydroxyl groups is 1. The van der Waals surface area contributed by atoms with Crippen LogP contribution in [-0.4, -0.2) is 27.2 Å². The number of aromatic nitrogens is 1. The van der Waals surface area contributed by atoms with Crippen LogP contribution in [0.3, 0.4) is 0 Å². The van der Waals surface area contributed by atoms with Crippen molar-refractivity contribution in [3.05, 3.63) is 75.7 Å². The number of carboxylic acids is 1. The number of rotatable bonds is 7. The number of aromatic amines is 1. The van der Waals surface area contributed by atoms with Crippen LogP contribution in [0.5, 0.6) is 17.4 Å². The molecule has 0 fully saturated rings. The maximum Gasteiger partial charge on any atom is 0.419 e. The Kier molecular flexibility index (Phi) is 5.46. The van der Waals surface area contributed by atoms with Gasteiger partial charge in [-0.1, -0.05) is 18.2 Å². The van der Waals surface area contributed by atoms with Crippen LogP contribution in [0.25, 0.3) is 0 Å². The summed E-state index contributed by atoms with van der Waals surface area (Å²) in [5.41, 5.74) is 6.44. The predicted molar refractivity (Wildman–Crippen MR) is 96.0 cm³/mol. The van der Waals surface area contributed by atoms with Gasteiger partial charge < -0.3 is 25.1 Å². The van der Waals surface area contributed by atoms with Crippen LogP contribution in [-0.2, 0) is 17.6 Å². The summed E-state index contributed by atoms with van der Waals surface area (Å²) in [4.78, 5) is 23.9. The number of nitrogens with two attached hydrogens (primary N) is 1. The summed E-state index contributed by atoms with van der Waals surface area (Å²) in [6, 6.07) is 9.79. The van der Waals surface area contributed by atoms with E-state index in [1.54, 1.807) is 24.3 Å². The van der Waals surface area contributed by atoms with E-state index in [0.717, 1.165) is 5.56 Å². The molecular weight excluding hydrogens is 371 g/mol. The van der Waals surface area contributed by atoms with Gasteiger partial charge in [0.05, 0.1) is 0 Å². The second-order valence-electron chi connectivity index (χ2n) is 6.11. The van der Waals surface area contributed by atoms with Gasteiger partial charge in [-0.15, -0.1) is 0 Å². The summed E-state index contributed by atoms with van der Waals surface area (Å²) >= 11 is 0. The first-order valence-electron chi connectivity index (χ1n) is 8.26. The molecule has 2 aromatic carbocycles. The third-order valence-corrected chi connectivity index (χ3v) is 4.01. The van der Waals surface area contributed by atoms with Crippen molar-refractivity contribution in [3.8, 4) is 17.4 Å². The maximum atomic E-state index is 14.3. The first-order valence-corrected chi connectivity index (χ1v) is 8.26. The topological polar surface area (TPSA) is 139 Å². The Labute approximate surface area is 158 Å². The lowest BCUT2D eigenvalue weighted by molar-refractivity contribution is -0.138. The number of H-pyrrole nitrogens is 1. The number of carboxylic acid groups (broad SMARTS) is 1. The Morgan fingerprint density at radius 2 is 1.89 bits per heavy atom. The molecule has 3 rings (SSSR count). The summed E-state index contributed by atoms with van der Waals surface area (Å²) in [5, 5.41) is 18.3. The van der Waals surface area contributed by atoms with Crippen LogP contribution in [0.4, 0.5) is 4.39 Å². The number of hydrogen-bond donors (Lipinski definition) is 4. The van der Waals surface area contributed by atoms with E-state index in [0.29, 0.717) is 5.75 Å². The van der Waals surface area contributed by atoms with Gasteiger partial charge in [0, 0.05) is 12.5 Å². The van der Waals surface area contributed by atoms with E-state index in [1.165, 1.54) is 18.2 Å². The number of ether oxygens (including phenoxy) is 1. The molecule has 9 heteroatoms. The Hall–Kier alpha value is -3.59. The third-order valence-electron chi connectivity index (χ3n) is 4.01. The number of carbonyl (C=O) groups is 1. The monoisotopic (exact) mass is 388 g/mol. The molecule has 0 aliphatic heterocycles. The molecule has 0 radical (unpaired) electrons. The zero-order valence-electron chi connectivity index (χ0n) is 14.5. The Morgan fingerprint density at radius 3 is 2.46 bits per heavy atom. The predicted octanol–water partition coefficient (Wildman–Crippen LogP) is 2.15. The summed E-state index contributed by atoms with van der Waals surface area (Å²) < 4.78 is 24.6. The van der Waals surface area contributed by atoms with E-state index < -0.39 is 29.5 Å². The Bertz CT molecular complexity index is 1040. The first-order chi connectivity index (χ1) is 13.3. The van der Waals surface area contributed by atoms with E-state index in [2.05, 4.69) is 4.98 Å². The highest BCUT2D eigenvalue weighted by atomic mass is 19.1. The van der Waals surface area contributed by atoms with Gasteiger partial charge in [0.2, 0.25) is 5.88 Å². The molecule has 1 heterocycles. The molecule has 8 nitrogen and oxygen atoms in total. The molecule has 1 unspecified atom stereocenters. The van der Waals surface area contributed by atoms with Crippen LogP contribution in [0.15, 0.2) is 51.7 Å². The van der Waals surface area contributed by atoms with Crippen molar-refractivity contribution in [2.24, 2.45) is 5.73 Å². The molecule has 0 amide bonds. The summed E-state index contributed by atoms with van der Waals surface area (Å²) in [7, 11) is 0. The van der Waals surface area contributed by atoms with Crippen molar-refractivity contribution in [2.75, 3.05) is 0 Å². The number of oxazole rings is 1. The summed E-state index contributed by atoms with van der Waals surface area (Å²) in [5.74, 6) is -2.31. The van der Waals surface area contributed by atoms with Gasteiger partial charge in [-0.2, -0.15) is 0 Å². The van der Waals surface area contributed by atoms with Gasteiger partial charge in [0.1, 0.15) is 23.4 Å². The van der Waals surface area contributed by atoms with Gasteiger partial charge in [-0.3, -0.25) is 9.78 Å². The number of aliphatic carboxylic acids is 1. The quantitative estimate of drug-likeness (QED) is 0.486. The minimum atomic E-state index is -1.08. The molecule has 0 bridgehead atoms. The van der Waals surface area contributed by atoms with Crippen molar-refractivity contribution in [3.63, 3.8) is 0 Å². The molecule has 0 saturated heterocycles. The van der Waals surface area contributed by atoms with Crippen LogP contribution < -0.4 is 16.2 Å². The zero-order valence-corrected chi connectivity index (χ0v) is 14.5. The fourth-order valence-electron chi connectivity index (χ4n) is 2.55. The van der Waals surface area contributed by atoms with Crippen molar-refractivity contribution in [2.45, 2.75) is 18.9 Å². The summed E-state index contributed by atoms with van der Waals surface area (Å²) in [6.07, 6.45) is 0.0796. The number of benzene rings is 2. The maximum absolute atomic E-state index is 14.3. The standard InChI is InChI=1S/C19H17FN2O6/c20-14-9-13(6-3-11(14)8-16-17(23)22-19(26)28-16)27-12-4-1-10(2-5-12)7-15(21)18(24)25/h1-6,9,15,23H,7-8,21H2,(H,22,26)(H,24,25). The van der Waals surface area contributed by atoms with E-state index in [-0.39, 0.29) is 29.9 Å². The number of hydrogen-bond acceptors (Lipinski definition) is 6. The number of halogens is 1. The molecule has 0 aliphatic carbocycles. The van der Waals surface area contributed by atoms with Crippen LogP contribution in [0.1, 0.15) is 16.9 Å². The SMILES string of the molecule is NC(Cc1ccc(Oc2ccc(Cc3oc(=O)[nH]c3O)c(F)c2)cc1)C(=O)O. The second-order valence-corrected chi connectivity index (χ2v) is 6.11. The van der Waals surface area contributed by atoms with Gasteiger partial charge in [-0.25, -0.2) is 9.18 Å². The highest BCUT2D eigenvalue weighted by Gasteiger charge is 2.14. The normalized spacial score (nSPS) is 11.9. The molecule has 1 aromatic heterocycles. The largest absolute Gasteiger partial charge is 0.492 e. The molecule has 28 heavy (non-hydrogen) atoms. The van der Waals surface area contributed by atoms with Crippen LogP contribution in [0, 0.1) is 5.82 Å². The second kappa shape index (κ2) is 7.97. The van der Waals surface area contributed by atoms with E-state index in [1.807, 2.05) is 0 Å². The molecule has 146 valence electrons. The van der Waals surface area contributed by atoms with Crippen LogP contribution >= 0.6 is 0 Å². The van der Waals surface area contributed by atoms with Gasteiger partial charge in [0.25, 0.3) is 0 Å². The van der Waals surface area contributed by atoms with Crippen molar-refractivity contribution in [1.82, 2.24) is 4.98 Å². The Morgan fingerprint density at radius 1 is 1.21 bits per heavy atom. The van der Waals surface area contributed by atoms with Crippen molar-refractivity contribution < 1.29 is 28.6 Å². The average molecular weight is 388 g/mol. The lowest BCUT2D eigenvalue weighted by Crippen LogP contribution is -2.32. The fraction of sp³-hybridized carbons (Fsp3) is 0.158. The molecular formula is C19H17FN2O6. The summed E-state index contributed by atoms with van der Waals surface area (Å²) in [6.45, 7) is 0. The number of nitrogens with one attached hydrogen (secondary N) is 1. The zero-order chi connectivity index (χ0) is 20.3. The molecule has 3 aromatic rings. The van der Waals surface area contributed by atoms with E-state index in [4.69, 9.17) is 20.0 Å². The lowest BCUT2D eigenvalue weighted by atomic mass is 10.1. The van der Waals surface area contributed by atoms with Crippen molar-refractivity contribution >= 4 is 5.97 Å².